The lowest BCUT2D eigenvalue weighted by Gasteiger charge is -2.13. The molecule has 3 aromatic rings. The number of rotatable bonds is 7. The maximum atomic E-state index is 12.8. The summed E-state index contributed by atoms with van der Waals surface area (Å²) in [5, 5.41) is 14.8. The van der Waals surface area contributed by atoms with Crippen molar-refractivity contribution in [3.63, 3.8) is 0 Å². The third-order valence-corrected chi connectivity index (χ3v) is 4.14. The van der Waals surface area contributed by atoms with Crippen molar-refractivity contribution >= 4 is 29.1 Å². The summed E-state index contributed by atoms with van der Waals surface area (Å²) >= 11 is 6.02. The van der Waals surface area contributed by atoms with Crippen LogP contribution in [0, 0.1) is 0 Å². The van der Waals surface area contributed by atoms with Gasteiger partial charge in [0.05, 0.1) is 27.7 Å². The second-order valence-corrected chi connectivity index (χ2v) is 6.41. The van der Waals surface area contributed by atoms with Gasteiger partial charge < -0.3 is 15.7 Å². The molecule has 2 heterocycles. The van der Waals surface area contributed by atoms with E-state index in [1.54, 1.807) is 24.4 Å². The molecule has 0 atom stereocenters. The van der Waals surface area contributed by atoms with Gasteiger partial charge in [-0.2, -0.15) is 18.2 Å². The molecule has 0 saturated heterocycles. The van der Waals surface area contributed by atoms with Crippen LogP contribution >= 0.6 is 11.6 Å². The fourth-order valence-electron chi connectivity index (χ4n) is 2.45. The van der Waals surface area contributed by atoms with Crippen LogP contribution in [0.4, 0.5) is 30.6 Å². The number of nitrogens with zero attached hydrogens (tertiary/aromatic N) is 3. The molecule has 0 aliphatic heterocycles. The number of anilines is 3. The second kappa shape index (κ2) is 9.06. The Hall–Kier alpha value is -2.91. The Kier molecular flexibility index (Phi) is 6.50. The Morgan fingerprint density at radius 3 is 2.52 bits per heavy atom. The van der Waals surface area contributed by atoms with Gasteiger partial charge >= 0.3 is 6.18 Å². The van der Waals surface area contributed by atoms with Crippen molar-refractivity contribution in [1.29, 1.82) is 0 Å². The van der Waals surface area contributed by atoms with E-state index >= 15 is 0 Å². The number of halogens is 4. The van der Waals surface area contributed by atoms with E-state index < -0.39 is 11.7 Å². The van der Waals surface area contributed by atoms with E-state index in [0.29, 0.717) is 30.2 Å². The van der Waals surface area contributed by atoms with Crippen LogP contribution in [-0.2, 0) is 6.18 Å². The van der Waals surface area contributed by atoms with E-state index in [1.165, 1.54) is 6.07 Å². The van der Waals surface area contributed by atoms with Crippen molar-refractivity contribution in [3.05, 3.63) is 59.2 Å². The molecule has 6 nitrogen and oxygen atoms in total. The number of alkyl halides is 3. The van der Waals surface area contributed by atoms with Gasteiger partial charge in [-0.05, 0) is 36.8 Å². The largest absolute Gasteiger partial charge is 0.416 e. The molecule has 0 radical (unpaired) electrons. The number of nitrogens with one attached hydrogen (secondary N) is 2. The van der Waals surface area contributed by atoms with Gasteiger partial charge in [0.15, 0.2) is 0 Å². The second-order valence-electron chi connectivity index (χ2n) is 6.00. The third kappa shape index (κ3) is 5.55. The lowest BCUT2D eigenvalue weighted by molar-refractivity contribution is -0.137. The minimum absolute atomic E-state index is 0.0131. The predicted octanol–water partition coefficient (Wildman–Crippen LogP) is 4.75. The molecule has 152 valence electrons. The number of benzene rings is 1. The molecule has 0 saturated carbocycles. The van der Waals surface area contributed by atoms with E-state index in [2.05, 4.69) is 25.6 Å². The molecule has 29 heavy (non-hydrogen) atoms. The number of aliphatic hydroxyl groups excluding tert-OH is 1. The number of hydrogen-bond donors (Lipinski definition) is 3. The Morgan fingerprint density at radius 2 is 1.86 bits per heavy atom. The molecule has 0 aliphatic rings. The van der Waals surface area contributed by atoms with E-state index in [1.807, 2.05) is 6.07 Å². The first kappa shape index (κ1) is 20.8. The molecule has 2 aromatic heterocycles. The zero-order chi connectivity index (χ0) is 20.9. The summed E-state index contributed by atoms with van der Waals surface area (Å²) in [7, 11) is 0. The first-order chi connectivity index (χ1) is 13.9. The molecule has 0 spiro atoms. The van der Waals surface area contributed by atoms with Crippen molar-refractivity contribution in [3.8, 4) is 11.4 Å². The van der Waals surface area contributed by atoms with Crippen LogP contribution in [0.1, 0.15) is 12.0 Å². The minimum Gasteiger partial charge on any atom is -0.396 e. The summed E-state index contributed by atoms with van der Waals surface area (Å²) in [6, 6.07) is 10.0. The number of aromatic nitrogens is 3. The first-order valence-electron chi connectivity index (χ1n) is 8.66. The van der Waals surface area contributed by atoms with Crippen LogP contribution < -0.4 is 10.6 Å². The smallest absolute Gasteiger partial charge is 0.396 e. The molecule has 1 aromatic carbocycles. The highest BCUT2D eigenvalue weighted by molar-refractivity contribution is 6.33. The first-order valence-corrected chi connectivity index (χ1v) is 9.03. The molecule has 0 bridgehead atoms. The quantitative estimate of drug-likeness (QED) is 0.476. The summed E-state index contributed by atoms with van der Waals surface area (Å²) in [6.45, 7) is 0.460. The average Bonchev–Trinajstić information content (AvgIpc) is 2.69. The molecular formula is C19H17ClF3N5O. The van der Waals surface area contributed by atoms with Crippen molar-refractivity contribution in [2.45, 2.75) is 12.6 Å². The summed E-state index contributed by atoms with van der Waals surface area (Å²) in [5.41, 5.74) is 0.544. The third-order valence-electron chi connectivity index (χ3n) is 3.83. The highest BCUT2D eigenvalue weighted by atomic mass is 35.5. The van der Waals surface area contributed by atoms with Gasteiger partial charge in [-0.15, -0.1) is 0 Å². The summed E-state index contributed by atoms with van der Waals surface area (Å²) < 4.78 is 38.5. The molecule has 0 amide bonds. The monoisotopic (exact) mass is 423 g/mol. The zero-order valence-electron chi connectivity index (χ0n) is 15.0. The summed E-state index contributed by atoms with van der Waals surface area (Å²) in [6.07, 6.45) is -2.35. The lowest BCUT2D eigenvalue weighted by Crippen LogP contribution is -2.09. The van der Waals surface area contributed by atoms with Crippen molar-refractivity contribution in [2.75, 3.05) is 23.8 Å². The van der Waals surface area contributed by atoms with Crippen LogP contribution in [0.25, 0.3) is 11.4 Å². The molecule has 3 N–H and O–H groups in total. The standard InChI is InChI=1S/C19H17ClF3N5O/c20-13-10-12(19(21,22)23)5-6-14(13)26-17-11-16(15-4-1-2-7-24-15)27-18(28-17)25-8-3-9-29/h1-2,4-7,10-11,29H,3,8-9H2,(H2,25,26,27,28). The SMILES string of the molecule is OCCCNc1nc(Nc2ccc(C(F)(F)F)cc2Cl)cc(-c2ccccn2)n1. The fourth-order valence-corrected chi connectivity index (χ4v) is 2.67. The average molecular weight is 424 g/mol. The number of pyridine rings is 1. The normalized spacial score (nSPS) is 11.3. The van der Waals surface area contributed by atoms with Gasteiger partial charge in [-0.25, -0.2) is 4.98 Å². The van der Waals surface area contributed by atoms with Crippen LogP contribution in [0.5, 0.6) is 0 Å². The molecule has 0 fully saturated rings. The van der Waals surface area contributed by atoms with Crippen LogP contribution in [0.3, 0.4) is 0 Å². The zero-order valence-corrected chi connectivity index (χ0v) is 15.8. The van der Waals surface area contributed by atoms with Crippen molar-refractivity contribution < 1.29 is 18.3 Å². The highest BCUT2D eigenvalue weighted by Gasteiger charge is 2.30. The van der Waals surface area contributed by atoms with Gasteiger partial charge in [0.1, 0.15) is 5.82 Å². The van der Waals surface area contributed by atoms with Gasteiger partial charge in [-0.3, -0.25) is 4.98 Å². The van der Waals surface area contributed by atoms with Gasteiger partial charge in [-0.1, -0.05) is 17.7 Å². The van der Waals surface area contributed by atoms with E-state index in [9.17, 15) is 13.2 Å². The topological polar surface area (TPSA) is 83.0 Å². The Labute approximate surface area is 169 Å². The lowest BCUT2D eigenvalue weighted by atomic mass is 10.2. The Bertz CT molecular complexity index is 970. The van der Waals surface area contributed by atoms with Crippen LogP contribution in [0.2, 0.25) is 5.02 Å². The van der Waals surface area contributed by atoms with Gasteiger partial charge in [0.2, 0.25) is 5.95 Å². The van der Waals surface area contributed by atoms with Crippen molar-refractivity contribution in [2.24, 2.45) is 0 Å². The minimum atomic E-state index is -4.48. The Morgan fingerprint density at radius 1 is 1.03 bits per heavy atom. The number of hydrogen-bond acceptors (Lipinski definition) is 6. The van der Waals surface area contributed by atoms with Crippen LogP contribution in [0.15, 0.2) is 48.7 Å². The summed E-state index contributed by atoms with van der Waals surface area (Å²) in [5.74, 6) is 0.612. The Balaban J connectivity index is 1.92. The maximum Gasteiger partial charge on any atom is 0.416 e. The van der Waals surface area contributed by atoms with Gasteiger partial charge in [0, 0.05) is 25.4 Å². The van der Waals surface area contributed by atoms with Gasteiger partial charge in [0.25, 0.3) is 0 Å². The van der Waals surface area contributed by atoms with Crippen molar-refractivity contribution in [1.82, 2.24) is 15.0 Å². The predicted molar refractivity (Wildman–Crippen MR) is 105 cm³/mol. The molecular weight excluding hydrogens is 407 g/mol. The number of aliphatic hydroxyl groups is 1. The van der Waals surface area contributed by atoms with Crippen LogP contribution in [-0.4, -0.2) is 33.2 Å². The maximum absolute atomic E-state index is 12.8. The van der Waals surface area contributed by atoms with E-state index in [0.717, 1.165) is 12.1 Å². The molecule has 10 heteroatoms. The highest BCUT2D eigenvalue weighted by Crippen LogP contribution is 2.35. The van der Waals surface area contributed by atoms with E-state index in [-0.39, 0.29) is 23.3 Å². The summed E-state index contributed by atoms with van der Waals surface area (Å²) in [4.78, 5) is 13.0. The molecule has 0 unspecified atom stereocenters. The fraction of sp³-hybridized carbons (Fsp3) is 0.211. The molecule has 0 aliphatic carbocycles. The molecule has 3 rings (SSSR count). The van der Waals surface area contributed by atoms with E-state index in [4.69, 9.17) is 16.7 Å².